The van der Waals surface area contributed by atoms with Crippen molar-refractivity contribution in [1.82, 2.24) is 5.32 Å². The highest BCUT2D eigenvalue weighted by Gasteiger charge is 2.47. The van der Waals surface area contributed by atoms with Gasteiger partial charge in [-0.05, 0) is 43.9 Å². The molecule has 1 N–H and O–H groups in total. The lowest BCUT2D eigenvalue weighted by Gasteiger charge is -2.38. The number of methoxy groups -OCH3 is 1. The second-order valence-corrected chi connectivity index (χ2v) is 8.22. The number of carbonyl (C=O) groups excluding carboxylic acids is 3. The van der Waals surface area contributed by atoms with Crippen molar-refractivity contribution in [3.63, 3.8) is 0 Å². The first-order chi connectivity index (χ1) is 13.8. The minimum absolute atomic E-state index is 0.205. The predicted molar refractivity (Wildman–Crippen MR) is 111 cm³/mol. The van der Waals surface area contributed by atoms with Crippen LogP contribution in [0.2, 0.25) is 0 Å². The van der Waals surface area contributed by atoms with Crippen LogP contribution in [0.25, 0.3) is 0 Å². The van der Waals surface area contributed by atoms with Crippen molar-refractivity contribution >= 4 is 33.7 Å². The first-order valence-electron chi connectivity index (χ1n) is 9.55. The third-order valence-corrected chi connectivity index (χ3v) is 5.97. The van der Waals surface area contributed by atoms with Gasteiger partial charge in [-0.2, -0.15) is 0 Å². The fourth-order valence-electron chi connectivity index (χ4n) is 4.15. The number of benzene rings is 1. The zero-order valence-electron chi connectivity index (χ0n) is 16.9. The van der Waals surface area contributed by atoms with E-state index in [1.54, 1.807) is 6.92 Å². The van der Waals surface area contributed by atoms with Crippen molar-refractivity contribution in [3.8, 4) is 0 Å². The maximum absolute atomic E-state index is 13.5. The summed E-state index contributed by atoms with van der Waals surface area (Å²) in [6.07, 6.45) is 0.515. The molecule has 1 aromatic carbocycles. The van der Waals surface area contributed by atoms with Gasteiger partial charge in [0, 0.05) is 27.4 Å². The van der Waals surface area contributed by atoms with E-state index in [0.717, 1.165) is 15.7 Å². The van der Waals surface area contributed by atoms with E-state index in [4.69, 9.17) is 9.47 Å². The lowest BCUT2D eigenvalue weighted by atomic mass is 9.69. The second kappa shape index (κ2) is 8.53. The predicted octanol–water partition coefficient (Wildman–Crippen LogP) is 3.63. The van der Waals surface area contributed by atoms with Crippen LogP contribution in [0.1, 0.15) is 38.7 Å². The molecule has 0 amide bonds. The highest BCUT2D eigenvalue weighted by atomic mass is 79.9. The van der Waals surface area contributed by atoms with Gasteiger partial charge in [-0.3, -0.25) is 9.59 Å². The van der Waals surface area contributed by atoms with Crippen LogP contribution in [-0.4, -0.2) is 31.4 Å². The number of esters is 2. The summed E-state index contributed by atoms with van der Waals surface area (Å²) in [6.45, 7) is 5.64. The van der Waals surface area contributed by atoms with E-state index in [-0.39, 0.29) is 18.3 Å². The Labute approximate surface area is 178 Å². The summed E-state index contributed by atoms with van der Waals surface area (Å²) < 4.78 is 11.1. The molecular weight excluding hydrogens is 438 g/mol. The summed E-state index contributed by atoms with van der Waals surface area (Å²) in [4.78, 5) is 38.6. The molecule has 1 aliphatic heterocycles. The molecule has 0 radical (unpaired) electrons. The number of rotatable bonds is 4. The third kappa shape index (κ3) is 3.88. The molecule has 3 rings (SSSR count). The molecule has 29 heavy (non-hydrogen) atoms. The Hall–Kier alpha value is -2.41. The van der Waals surface area contributed by atoms with Crippen LogP contribution in [0.5, 0.6) is 0 Å². The van der Waals surface area contributed by atoms with Gasteiger partial charge >= 0.3 is 11.9 Å². The highest BCUT2D eigenvalue weighted by Crippen LogP contribution is 2.45. The fraction of sp³-hybridized carbons (Fsp3) is 0.409. The Morgan fingerprint density at radius 3 is 2.48 bits per heavy atom. The van der Waals surface area contributed by atoms with E-state index in [9.17, 15) is 14.4 Å². The van der Waals surface area contributed by atoms with Gasteiger partial charge < -0.3 is 14.8 Å². The van der Waals surface area contributed by atoms with Gasteiger partial charge in [-0.25, -0.2) is 4.79 Å². The molecule has 1 aromatic rings. The van der Waals surface area contributed by atoms with E-state index in [0.29, 0.717) is 23.3 Å². The Balaban J connectivity index is 2.18. The lowest BCUT2D eigenvalue weighted by molar-refractivity contribution is -0.151. The van der Waals surface area contributed by atoms with Gasteiger partial charge in [-0.15, -0.1) is 0 Å². The van der Waals surface area contributed by atoms with Gasteiger partial charge in [0.25, 0.3) is 0 Å². The van der Waals surface area contributed by atoms with E-state index in [1.807, 2.05) is 38.1 Å². The number of halogens is 1. The van der Waals surface area contributed by atoms with Gasteiger partial charge in [0.05, 0.1) is 19.3 Å². The SMILES string of the molecule is CCOC(=O)C1=C(C)NC2=C(C(=O)[C@H](C(=O)OC)[C@@H](C)C2)[C@H]1c1ccc(Br)cc1. The first kappa shape index (κ1) is 21.3. The average Bonchev–Trinajstić information content (AvgIpc) is 2.67. The zero-order chi connectivity index (χ0) is 21.3. The number of hydrogen-bond donors (Lipinski definition) is 1. The maximum Gasteiger partial charge on any atom is 0.336 e. The lowest BCUT2D eigenvalue weighted by Crippen LogP contribution is -2.43. The van der Waals surface area contributed by atoms with E-state index < -0.39 is 23.8 Å². The molecule has 2 aliphatic rings. The first-order valence-corrected chi connectivity index (χ1v) is 10.3. The Morgan fingerprint density at radius 1 is 1.24 bits per heavy atom. The highest BCUT2D eigenvalue weighted by molar-refractivity contribution is 9.10. The Kier molecular flexibility index (Phi) is 6.27. The summed E-state index contributed by atoms with van der Waals surface area (Å²) in [5, 5.41) is 3.23. The molecule has 1 aliphatic carbocycles. The van der Waals surface area contributed by atoms with Crippen LogP contribution in [0.4, 0.5) is 0 Å². The fourth-order valence-corrected chi connectivity index (χ4v) is 4.41. The molecule has 1 heterocycles. The third-order valence-electron chi connectivity index (χ3n) is 5.44. The van der Waals surface area contributed by atoms with Gasteiger partial charge in [0.1, 0.15) is 5.92 Å². The smallest absolute Gasteiger partial charge is 0.336 e. The second-order valence-electron chi connectivity index (χ2n) is 7.31. The van der Waals surface area contributed by atoms with Crippen LogP contribution in [-0.2, 0) is 23.9 Å². The molecule has 0 bridgehead atoms. The monoisotopic (exact) mass is 461 g/mol. The van der Waals surface area contributed by atoms with Crippen molar-refractivity contribution in [3.05, 3.63) is 56.8 Å². The molecule has 0 fully saturated rings. The normalized spacial score (nSPS) is 24.0. The maximum atomic E-state index is 13.5. The van der Waals surface area contributed by atoms with Crippen LogP contribution < -0.4 is 5.32 Å². The zero-order valence-corrected chi connectivity index (χ0v) is 18.5. The topological polar surface area (TPSA) is 81.7 Å². The summed E-state index contributed by atoms with van der Waals surface area (Å²) in [5.74, 6) is -3.03. The number of allylic oxidation sites excluding steroid dienone is 3. The van der Waals surface area contributed by atoms with Gasteiger partial charge in [-0.1, -0.05) is 35.0 Å². The molecular formula is C22H24BrNO5. The van der Waals surface area contributed by atoms with Crippen molar-refractivity contribution in [1.29, 1.82) is 0 Å². The minimum atomic E-state index is -0.889. The molecule has 0 saturated carbocycles. The van der Waals surface area contributed by atoms with Crippen molar-refractivity contribution in [2.75, 3.05) is 13.7 Å². The van der Waals surface area contributed by atoms with Crippen LogP contribution in [0, 0.1) is 11.8 Å². The minimum Gasteiger partial charge on any atom is -0.468 e. The number of carbonyl (C=O) groups is 3. The van der Waals surface area contributed by atoms with Gasteiger partial charge in [0.15, 0.2) is 5.78 Å². The molecule has 0 aromatic heterocycles. The van der Waals surface area contributed by atoms with Crippen molar-refractivity contribution in [2.45, 2.75) is 33.1 Å². The number of nitrogens with one attached hydrogen (secondary N) is 1. The number of ether oxygens (including phenoxy) is 2. The van der Waals surface area contributed by atoms with Crippen LogP contribution >= 0.6 is 15.9 Å². The number of hydrogen-bond acceptors (Lipinski definition) is 6. The Morgan fingerprint density at radius 2 is 1.90 bits per heavy atom. The van der Waals surface area contributed by atoms with Crippen LogP contribution in [0.15, 0.2) is 51.3 Å². The summed E-state index contributed by atoms with van der Waals surface area (Å²) >= 11 is 3.42. The molecule has 0 unspecified atom stereocenters. The van der Waals surface area contributed by atoms with E-state index in [1.165, 1.54) is 7.11 Å². The summed E-state index contributed by atoms with van der Waals surface area (Å²) in [5.41, 5.74) is 3.03. The molecule has 7 heteroatoms. The Bertz CT molecular complexity index is 916. The standard InChI is InChI=1S/C22H24BrNO5/c1-5-29-22(27)17-12(3)24-15-10-11(2)16(21(26)28-4)20(25)19(15)18(17)13-6-8-14(23)9-7-13/h6-9,11,16,18,24H,5,10H2,1-4H3/t11-,16+,18-/m0/s1. The number of ketones is 1. The molecule has 6 nitrogen and oxygen atoms in total. The number of Topliss-reactive ketones (excluding diaryl/α,β-unsaturated/α-hetero) is 1. The average molecular weight is 462 g/mol. The van der Waals surface area contributed by atoms with E-state index in [2.05, 4.69) is 21.2 Å². The largest absolute Gasteiger partial charge is 0.468 e. The number of dihydropyridines is 1. The van der Waals surface area contributed by atoms with E-state index >= 15 is 0 Å². The van der Waals surface area contributed by atoms with Crippen molar-refractivity contribution < 1.29 is 23.9 Å². The van der Waals surface area contributed by atoms with Gasteiger partial charge in [0.2, 0.25) is 0 Å². The van der Waals surface area contributed by atoms with Crippen LogP contribution in [0.3, 0.4) is 0 Å². The molecule has 3 atom stereocenters. The molecule has 0 spiro atoms. The summed E-state index contributed by atoms with van der Waals surface area (Å²) in [7, 11) is 1.28. The molecule has 154 valence electrons. The van der Waals surface area contributed by atoms with Crippen molar-refractivity contribution in [2.24, 2.45) is 11.8 Å². The quantitative estimate of drug-likeness (QED) is 0.544. The summed E-state index contributed by atoms with van der Waals surface area (Å²) in [6, 6.07) is 7.47. The molecule has 0 saturated heterocycles.